The van der Waals surface area contributed by atoms with Crippen molar-refractivity contribution < 1.29 is 28.2 Å². The second kappa shape index (κ2) is 10.1. The van der Waals surface area contributed by atoms with Crippen molar-refractivity contribution >= 4 is 50.9 Å². The molecular weight excluding hydrogens is 489 g/mol. The first kappa shape index (κ1) is 23.0. The first-order valence-electron chi connectivity index (χ1n) is 9.34. The van der Waals surface area contributed by atoms with E-state index in [-0.39, 0.29) is 23.4 Å². The number of halogens is 2. The van der Waals surface area contributed by atoms with Gasteiger partial charge in [0.1, 0.15) is 24.7 Å². The van der Waals surface area contributed by atoms with Crippen LogP contribution in [-0.4, -0.2) is 34.7 Å². The van der Waals surface area contributed by atoms with Gasteiger partial charge in [0.2, 0.25) is 0 Å². The van der Waals surface area contributed by atoms with Gasteiger partial charge in [-0.25, -0.2) is 4.39 Å². The normalized spacial score (nSPS) is 15.1. The number of hydrogen-bond acceptors (Lipinski definition) is 6. The number of amides is 2. The Hall–Kier alpha value is -2.65. The van der Waals surface area contributed by atoms with Gasteiger partial charge in [0.05, 0.1) is 15.5 Å². The molecule has 0 spiro atoms. The summed E-state index contributed by atoms with van der Waals surface area (Å²) in [7, 11) is 0. The number of benzene rings is 2. The molecule has 2 aromatic rings. The maximum Gasteiger partial charge on any atom is 0.326 e. The van der Waals surface area contributed by atoms with Crippen LogP contribution in [-0.2, 0) is 20.9 Å². The van der Waals surface area contributed by atoms with E-state index in [1.807, 2.05) is 0 Å². The molecular formula is C22H19BrFNO5S. The summed E-state index contributed by atoms with van der Waals surface area (Å²) in [6, 6.07) is 11.3. The summed E-state index contributed by atoms with van der Waals surface area (Å²) in [5, 5.41) is -0.522. The zero-order valence-electron chi connectivity index (χ0n) is 16.8. The number of nitrogens with zero attached hydrogens (tertiary/aromatic N) is 1. The number of thioether (sulfide) groups is 1. The van der Waals surface area contributed by atoms with Gasteiger partial charge in [-0.15, -0.1) is 0 Å². The standard InChI is InChI=1S/C22H19BrFNO5S/c1-13(2)30-20(26)11-25-21(27)19(31-22(25)28)10-14-6-7-18(17(23)9-14)29-12-15-4-3-5-16(24)8-15/h3-10,13H,11-12H2,1-2H3/b19-10+. The predicted octanol–water partition coefficient (Wildman–Crippen LogP) is 5.16. The highest BCUT2D eigenvalue weighted by Gasteiger charge is 2.36. The van der Waals surface area contributed by atoms with E-state index in [0.29, 0.717) is 21.3 Å². The third kappa shape index (κ3) is 6.18. The fourth-order valence-corrected chi connectivity index (χ4v) is 4.08. The van der Waals surface area contributed by atoms with Gasteiger partial charge < -0.3 is 9.47 Å². The largest absolute Gasteiger partial charge is 0.488 e. The lowest BCUT2D eigenvalue weighted by atomic mass is 10.2. The van der Waals surface area contributed by atoms with Crippen molar-refractivity contribution in [3.8, 4) is 5.75 Å². The summed E-state index contributed by atoms with van der Waals surface area (Å²) in [6.07, 6.45) is 1.24. The van der Waals surface area contributed by atoms with Gasteiger partial charge in [-0.3, -0.25) is 19.3 Å². The van der Waals surface area contributed by atoms with Gasteiger partial charge in [0, 0.05) is 0 Å². The maximum absolute atomic E-state index is 13.3. The Labute approximate surface area is 191 Å². The smallest absolute Gasteiger partial charge is 0.326 e. The summed E-state index contributed by atoms with van der Waals surface area (Å²) in [5.74, 6) is -0.966. The average Bonchev–Trinajstić information content (AvgIpc) is 2.94. The molecule has 6 nitrogen and oxygen atoms in total. The fraction of sp³-hybridized carbons (Fsp3) is 0.227. The number of imide groups is 1. The van der Waals surface area contributed by atoms with Crippen LogP contribution in [0.2, 0.25) is 0 Å². The zero-order valence-corrected chi connectivity index (χ0v) is 19.2. The monoisotopic (exact) mass is 507 g/mol. The molecule has 1 fully saturated rings. The van der Waals surface area contributed by atoms with Crippen LogP contribution in [0.15, 0.2) is 51.8 Å². The van der Waals surface area contributed by atoms with Crippen LogP contribution in [0.5, 0.6) is 5.75 Å². The van der Waals surface area contributed by atoms with E-state index in [9.17, 15) is 18.8 Å². The van der Waals surface area contributed by atoms with Crippen molar-refractivity contribution in [1.29, 1.82) is 0 Å². The minimum absolute atomic E-state index is 0.196. The molecule has 9 heteroatoms. The van der Waals surface area contributed by atoms with E-state index in [2.05, 4.69) is 15.9 Å². The van der Waals surface area contributed by atoms with Crippen LogP contribution in [0.4, 0.5) is 9.18 Å². The highest BCUT2D eigenvalue weighted by molar-refractivity contribution is 9.10. The fourth-order valence-electron chi connectivity index (χ4n) is 2.73. The van der Waals surface area contributed by atoms with Crippen molar-refractivity contribution in [2.45, 2.75) is 26.6 Å². The van der Waals surface area contributed by atoms with Crippen LogP contribution < -0.4 is 4.74 Å². The molecule has 3 rings (SSSR count). The first-order valence-corrected chi connectivity index (χ1v) is 11.0. The van der Waals surface area contributed by atoms with E-state index in [1.165, 1.54) is 12.1 Å². The van der Waals surface area contributed by atoms with Crippen molar-refractivity contribution in [2.24, 2.45) is 0 Å². The molecule has 0 radical (unpaired) electrons. The quantitative estimate of drug-likeness (QED) is 0.380. The van der Waals surface area contributed by atoms with Crippen LogP contribution in [0.1, 0.15) is 25.0 Å². The van der Waals surface area contributed by atoms with Crippen LogP contribution in [0.25, 0.3) is 6.08 Å². The first-order chi connectivity index (χ1) is 14.7. The molecule has 0 bridgehead atoms. The summed E-state index contributed by atoms with van der Waals surface area (Å²) < 4.78 is 24.6. The molecule has 31 heavy (non-hydrogen) atoms. The van der Waals surface area contributed by atoms with Gasteiger partial charge >= 0.3 is 5.97 Å². The molecule has 0 atom stereocenters. The number of ether oxygens (including phenoxy) is 2. The van der Waals surface area contributed by atoms with Gasteiger partial charge in [-0.05, 0) is 83.0 Å². The van der Waals surface area contributed by atoms with E-state index >= 15 is 0 Å². The molecule has 0 N–H and O–H groups in total. The summed E-state index contributed by atoms with van der Waals surface area (Å²) >= 11 is 4.19. The van der Waals surface area contributed by atoms with Gasteiger partial charge in [-0.2, -0.15) is 0 Å². The molecule has 162 valence electrons. The molecule has 2 aromatic carbocycles. The lowest BCUT2D eigenvalue weighted by Crippen LogP contribution is -2.35. The highest BCUT2D eigenvalue weighted by Crippen LogP contribution is 2.34. The second-order valence-corrected chi connectivity index (χ2v) is 8.76. The number of hydrogen-bond donors (Lipinski definition) is 0. The minimum Gasteiger partial charge on any atom is -0.488 e. The predicted molar refractivity (Wildman–Crippen MR) is 119 cm³/mol. The molecule has 2 amide bonds. The van der Waals surface area contributed by atoms with Crippen molar-refractivity contribution in [1.82, 2.24) is 4.90 Å². The number of carbonyl (C=O) groups is 3. The van der Waals surface area contributed by atoms with Gasteiger partial charge in [0.25, 0.3) is 11.1 Å². The molecule has 0 saturated carbocycles. The number of esters is 1. The Morgan fingerprint density at radius 1 is 1.23 bits per heavy atom. The summed E-state index contributed by atoms with van der Waals surface area (Å²) in [5.41, 5.74) is 1.36. The third-order valence-electron chi connectivity index (χ3n) is 4.07. The van der Waals surface area contributed by atoms with Crippen molar-refractivity contribution in [3.63, 3.8) is 0 Å². The van der Waals surface area contributed by atoms with Gasteiger partial charge in [0.15, 0.2) is 0 Å². The Bertz CT molecular complexity index is 1060. The summed E-state index contributed by atoms with van der Waals surface area (Å²) in [4.78, 5) is 37.5. The number of carbonyl (C=O) groups excluding carboxylic acids is 3. The van der Waals surface area contributed by atoms with E-state index < -0.39 is 23.7 Å². The molecule has 0 aliphatic carbocycles. The Balaban J connectivity index is 1.67. The van der Waals surface area contributed by atoms with E-state index in [0.717, 1.165) is 16.7 Å². The lowest BCUT2D eigenvalue weighted by Gasteiger charge is -2.13. The molecule has 1 aliphatic rings. The summed E-state index contributed by atoms with van der Waals surface area (Å²) in [6.45, 7) is 3.15. The Kier molecular flexibility index (Phi) is 7.50. The van der Waals surface area contributed by atoms with E-state index in [1.54, 1.807) is 50.3 Å². The van der Waals surface area contributed by atoms with Crippen LogP contribution >= 0.6 is 27.7 Å². The minimum atomic E-state index is -0.638. The maximum atomic E-state index is 13.3. The Morgan fingerprint density at radius 3 is 2.68 bits per heavy atom. The van der Waals surface area contributed by atoms with Crippen molar-refractivity contribution in [2.75, 3.05) is 6.54 Å². The Morgan fingerprint density at radius 2 is 2.00 bits per heavy atom. The van der Waals surface area contributed by atoms with Crippen LogP contribution in [0, 0.1) is 5.82 Å². The van der Waals surface area contributed by atoms with Gasteiger partial charge in [-0.1, -0.05) is 18.2 Å². The molecule has 1 aliphatic heterocycles. The molecule has 1 heterocycles. The zero-order chi connectivity index (χ0) is 22.5. The topological polar surface area (TPSA) is 72.9 Å². The molecule has 0 unspecified atom stereocenters. The van der Waals surface area contributed by atoms with Crippen molar-refractivity contribution in [3.05, 3.63) is 68.8 Å². The van der Waals surface area contributed by atoms with E-state index in [4.69, 9.17) is 9.47 Å². The molecule has 1 saturated heterocycles. The van der Waals surface area contributed by atoms with Crippen LogP contribution in [0.3, 0.4) is 0 Å². The number of rotatable bonds is 7. The molecule has 0 aromatic heterocycles. The third-order valence-corrected chi connectivity index (χ3v) is 5.59. The second-order valence-electron chi connectivity index (χ2n) is 6.91. The lowest BCUT2D eigenvalue weighted by molar-refractivity contribution is -0.149. The highest BCUT2D eigenvalue weighted by atomic mass is 79.9. The SMILES string of the molecule is CC(C)OC(=O)CN1C(=O)S/C(=C/c2ccc(OCc3cccc(F)c3)c(Br)c2)C1=O. The average molecular weight is 508 g/mol.